The molecule has 0 unspecified atom stereocenters. The maximum absolute atomic E-state index is 5.69. The Bertz CT molecular complexity index is 450. The lowest BCUT2D eigenvalue weighted by Crippen LogP contribution is -2.47. The fraction of sp³-hybridized carbons (Fsp3) is 0.786. The van der Waals surface area contributed by atoms with Gasteiger partial charge in [0.05, 0.1) is 12.6 Å². The fourth-order valence-electron chi connectivity index (χ4n) is 2.64. The number of hydrogen-bond donors (Lipinski definition) is 1. The highest BCUT2D eigenvalue weighted by atomic mass is 16.5. The molecule has 1 aromatic rings. The molecule has 0 atom stereocenters. The zero-order chi connectivity index (χ0) is 15.1. The molecular weight excluding hydrogens is 268 g/mol. The van der Waals surface area contributed by atoms with Crippen LogP contribution in [0.3, 0.4) is 0 Å². The number of guanidine groups is 1. The number of rotatable bonds is 5. The number of nitrogens with one attached hydrogen (secondary N) is 1. The zero-order valence-corrected chi connectivity index (χ0v) is 13.2. The molecule has 0 radical (unpaired) electrons. The Kier molecular flexibility index (Phi) is 5.98. The molecule has 2 heterocycles. The van der Waals surface area contributed by atoms with Crippen LogP contribution < -0.4 is 5.32 Å². The second kappa shape index (κ2) is 7.97. The summed E-state index contributed by atoms with van der Waals surface area (Å²) in [6.45, 7) is 8.41. The number of likely N-dealkylation sites (tertiary alicyclic amines) is 1. The average Bonchev–Trinajstić information content (AvgIpc) is 2.97. The molecule has 1 aliphatic rings. The van der Waals surface area contributed by atoms with Crippen molar-refractivity contribution in [3.05, 3.63) is 12.2 Å². The van der Waals surface area contributed by atoms with Gasteiger partial charge in [0.1, 0.15) is 6.33 Å². The van der Waals surface area contributed by atoms with Crippen molar-refractivity contribution >= 4 is 5.96 Å². The fourth-order valence-corrected chi connectivity index (χ4v) is 2.64. The van der Waals surface area contributed by atoms with E-state index >= 15 is 0 Å². The molecule has 118 valence electrons. The minimum Gasteiger partial charge on any atom is -0.378 e. The molecule has 0 saturated carbocycles. The average molecular weight is 294 g/mol. The maximum Gasteiger partial charge on any atom is 0.194 e. The van der Waals surface area contributed by atoms with Crippen molar-refractivity contribution < 1.29 is 4.74 Å². The van der Waals surface area contributed by atoms with Crippen molar-refractivity contribution in [3.63, 3.8) is 0 Å². The molecule has 0 aromatic carbocycles. The summed E-state index contributed by atoms with van der Waals surface area (Å²) in [4.78, 5) is 6.65. The standard InChI is InChI=1S/C14H26N6O/c1-4-19-11-17-18-13(19)10-16-14(15-3)20-8-6-12(7-9-20)21-5-2/h11-12H,4-10H2,1-3H3,(H,15,16). The van der Waals surface area contributed by atoms with Gasteiger partial charge in [0, 0.05) is 33.3 Å². The SMILES string of the molecule is CCOC1CCN(C(=NC)NCc2nncn2CC)CC1. The number of aliphatic imine (C=N–C) groups is 1. The summed E-state index contributed by atoms with van der Waals surface area (Å²) >= 11 is 0. The third-order valence-electron chi connectivity index (χ3n) is 3.80. The summed E-state index contributed by atoms with van der Waals surface area (Å²) in [6.07, 6.45) is 4.26. The Labute approximate surface area is 126 Å². The predicted octanol–water partition coefficient (Wildman–Crippen LogP) is 0.874. The second-order valence-electron chi connectivity index (χ2n) is 5.08. The number of nitrogens with zero attached hydrogens (tertiary/aromatic N) is 5. The topological polar surface area (TPSA) is 67.6 Å². The van der Waals surface area contributed by atoms with Gasteiger partial charge in [-0.3, -0.25) is 4.99 Å². The molecule has 1 aromatic heterocycles. The summed E-state index contributed by atoms with van der Waals surface area (Å²) in [6, 6.07) is 0. The largest absolute Gasteiger partial charge is 0.378 e. The molecule has 1 N–H and O–H groups in total. The van der Waals surface area contributed by atoms with E-state index in [0.29, 0.717) is 12.6 Å². The number of piperidine rings is 1. The van der Waals surface area contributed by atoms with Gasteiger partial charge in [-0.15, -0.1) is 10.2 Å². The smallest absolute Gasteiger partial charge is 0.194 e. The van der Waals surface area contributed by atoms with E-state index in [4.69, 9.17) is 4.74 Å². The molecule has 0 aliphatic carbocycles. The maximum atomic E-state index is 5.69. The molecule has 1 fully saturated rings. The highest BCUT2D eigenvalue weighted by Gasteiger charge is 2.21. The Morgan fingerprint density at radius 2 is 2.19 bits per heavy atom. The van der Waals surface area contributed by atoms with Crippen molar-refractivity contribution in [2.75, 3.05) is 26.7 Å². The van der Waals surface area contributed by atoms with Crippen LogP contribution in [0.5, 0.6) is 0 Å². The monoisotopic (exact) mass is 294 g/mol. The summed E-state index contributed by atoms with van der Waals surface area (Å²) in [5, 5.41) is 11.4. The first-order valence-electron chi connectivity index (χ1n) is 7.72. The van der Waals surface area contributed by atoms with Gasteiger partial charge in [0.25, 0.3) is 0 Å². The van der Waals surface area contributed by atoms with Gasteiger partial charge < -0.3 is 19.5 Å². The second-order valence-corrected chi connectivity index (χ2v) is 5.08. The molecular formula is C14H26N6O. The summed E-state index contributed by atoms with van der Waals surface area (Å²) in [5.41, 5.74) is 0. The van der Waals surface area contributed by atoms with Crippen LogP contribution in [0.25, 0.3) is 0 Å². The molecule has 0 spiro atoms. The van der Waals surface area contributed by atoms with Gasteiger partial charge in [-0.2, -0.15) is 0 Å². The first-order valence-corrected chi connectivity index (χ1v) is 7.72. The van der Waals surface area contributed by atoms with E-state index in [-0.39, 0.29) is 0 Å². The van der Waals surface area contributed by atoms with Crippen LogP contribution in [-0.2, 0) is 17.8 Å². The predicted molar refractivity (Wildman–Crippen MR) is 82.1 cm³/mol. The molecule has 7 nitrogen and oxygen atoms in total. The van der Waals surface area contributed by atoms with Gasteiger partial charge in [0.15, 0.2) is 11.8 Å². The van der Waals surface area contributed by atoms with Gasteiger partial charge in [-0.05, 0) is 26.7 Å². The Balaban J connectivity index is 1.84. The van der Waals surface area contributed by atoms with Crippen molar-refractivity contribution in [1.29, 1.82) is 0 Å². The quantitative estimate of drug-likeness (QED) is 0.645. The Morgan fingerprint density at radius 3 is 2.81 bits per heavy atom. The zero-order valence-electron chi connectivity index (χ0n) is 13.2. The van der Waals surface area contributed by atoms with E-state index in [1.165, 1.54) is 0 Å². The van der Waals surface area contributed by atoms with Crippen LogP contribution in [-0.4, -0.2) is 58.5 Å². The van der Waals surface area contributed by atoms with Crippen LogP contribution in [0.2, 0.25) is 0 Å². The van der Waals surface area contributed by atoms with E-state index in [1.807, 2.05) is 11.6 Å². The van der Waals surface area contributed by atoms with Crippen molar-refractivity contribution in [1.82, 2.24) is 25.0 Å². The van der Waals surface area contributed by atoms with E-state index in [9.17, 15) is 0 Å². The van der Waals surface area contributed by atoms with Crippen molar-refractivity contribution in [2.24, 2.45) is 4.99 Å². The number of aryl methyl sites for hydroxylation is 1. The molecule has 1 saturated heterocycles. The van der Waals surface area contributed by atoms with Crippen molar-refractivity contribution in [3.8, 4) is 0 Å². The third kappa shape index (κ3) is 4.17. The minimum atomic E-state index is 0.396. The Hall–Kier alpha value is -1.63. The summed E-state index contributed by atoms with van der Waals surface area (Å²) in [7, 11) is 1.82. The Morgan fingerprint density at radius 1 is 1.43 bits per heavy atom. The van der Waals surface area contributed by atoms with Crippen LogP contribution in [0.1, 0.15) is 32.5 Å². The van der Waals surface area contributed by atoms with Gasteiger partial charge >= 0.3 is 0 Å². The highest BCUT2D eigenvalue weighted by molar-refractivity contribution is 5.79. The first kappa shape index (κ1) is 15.8. The van der Waals surface area contributed by atoms with E-state index < -0.39 is 0 Å². The normalized spacial score (nSPS) is 17.3. The van der Waals surface area contributed by atoms with Crippen LogP contribution in [0, 0.1) is 0 Å². The minimum absolute atomic E-state index is 0.396. The van der Waals surface area contributed by atoms with E-state index in [1.54, 1.807) is 6.33 Å². The van der Waals surface area contributed by atoms with Gasteiger partial charge in [-0.25, -0.2) is 0 Å². The lowest BCUT2D eigenvalue weighted by Gasteiger charge is -2.33. The van der Waals surface area contributed by atoms with Crippen molar-refractivity contribution in [2.45, 2.75) is 45.9 Å². The number of ether oxygens (including phenoxy) is 1. The first-order chi connectivity index (χ1) is 10.3. The molecule has 21 heavy (non-hydrogen) atoms. The summed E-state index contributed by atoms with van der Waals surface area (Å²) in [5.74, 6) is 1.86. The molecule has 7 heteroatoms. The lowest BCUT2D eigenvalue weighted by molar-refractivity contribution is 0.0263. The molecule has 2 rings (SSSR count). The molecule has 0 bridgehead atoms. The van der Waals surface area contributed by atoms with Crippen LogP contribution in [0.15, 0.2) is 11.3 Å². The lowest BCUT2D eigenvalue weighted by atomic mass is 10.1. The van der Waals surface area contributed by atoms with E-state index in [2.05, 4.69) is 39.3 Å². The summed E-state index contributed by atoms with van der Waals surface area (Å²) < 4.78 is 7.71. The number of hydrogen-bond acceptors (Lipinski definition) is 4. The molecule has 1 aliphatic heterocycles. The van der Waals surface area contributed by atoms with Gasteiger partial charge in [0.2, 0.25) is 0 Å². The van der Waals surface area contributed by atoms with Gasteiger partial charge in [-0.1, -0.05) is 0 Å². The molecule has 0 amide bonds. The van der Waals surface area contributed by atoms with Crippen LogP contribution >= 0.6 is 0 Å². The third-order valence-corrected chi connectivity index (χ3v) is 3.80. The highest BCUT2D eigenvalue weighted by Crippen LogP contribution is 2.13. The number of aromatic nitrogens is 3. The van der Waals surface area contributed by atoms with E-state index in [0.717, 1.165) is 50.9 Å². The van der Waals surface area contributed by atoms with Crippen LogP contribution in [0.4, 0.5) is 0 Å².